The van der Waals surface area contributed by atoms with Crippen molar-refractivity contribution in [1.82, 2.24) is 29.9 Å². The number of nitrogens with zero attached hydrogens (tertiary/aromatic N) is 5. The highest BCUT2D eigenvalue weighted by atomic mass is 32.2. The van der Waals surface area contributed by atoms with Gasteiger partial charge in [0.15, 0.2) is 5.65 Å². The number of hydrogen-bond donors (Lipinski definition) is 6. The second-order valence-electron chi connectivity index (χ2n) is 9.96. The van der Waals surface area contributed by atoms with E-state index in [2.05, 4.69) is 45.3 Å². The molecule has 6 aromatic rings. The lowest BCUT2D eigenvalue weighted by molar-refractivity contribution is 0.475. The van der Waals surface area contributed by atoms with Gasteiger partial charge in [-0.1, -0.05) is 6.07 Å². The topological polar surface area (TPSA) is 208 Å². The zero-order valence-corrected chi connectivity index (χ0v) is 24.6. The van der Waals surface area contributed by atoms with E-state index in [4.69, 9.17) is 0 Å². The average molecular weight is 624 g/mol. The van der Waals surface area contributed by atoms with E-state index in [0.29, 0.717) is 28.3 Å². The number of rotatable bonds is 8. The van der Waals surface area contributed by atoms with E-state index in [1.54, 1.807) is 44.2 Å². The second kappa shape index (κ2) is 11.5. The number of nitrogens with one attached hydrogen (secondary N) is 4. The zero-order valence-electron chi connectivity index (χ0n) is 23.8. The van der Waals surface area contributed by atoms with Crippen molar-refractivity contribution in [3.8, 4) is 22.8 Å². The first-order valence-corrected chi connectivity index (χ1v) is 14.9. The maximum Gasteiger partial charge on any atom is 0.264 e. The third-order valence-corrected chi connectivity index (χ3v) is 7.79. The molecule has 0 aliphatic rings. The SMILES string of the molecule is Cc1cc(C)nc(NS(=O)(=O)c2ccc(Nc3nc4nc(Nc5cccc(O)c5)nc(-c5ccc(O)cc5)c4c(=O)[nH]3)cc2)n1. The van der Waals surface area contributed by atoms with Gasteiger partial charge in [0, 0.05) is 34.4 Å². The van der Waals surface area contributed by atoms with Crippen molar-refractivity contribution >= 4 is 50.3 Å². The molecule has 226 valence electrons. The normalized spacial score (nSPS) is 11.3. The number of anilines is 5. The predicted octanol–water partition coefficient (Wildman–Crippen LogP) is 4.49. The third kappa shape index (κ3) is 6.47. The lowest BCUT2D eigenvalue weighted by Gasteiger charge is -2.12. The summed E-state index contributed by atoms with van der Waals surface area (Å²) in [7, 11) is -3.97. The van der Waals surface area contributed by atoms with Crippen LogP contribution >= 0.6 is 0 Å². The van der Waals surface area contributed by atoms with Crippen molar-refractivity contribution in [2.45, 2.75) is 18.7 Å². The predicted molar refractivity (Wildman–Crippen MR) is 168 cm³/mol. The van der Waals surface area contributed by atoms with Crippen LogP contribution in [0.3, 0.4) is 0 Å². The fourth-order valence-electron chi connectivity index (χ4n) is 4.50. The number of aromatic hydroxyl groups is 2. The van der Waals surface area contributed by atoms with Gasteiger partial charge in [-0.15, -0.1) is 0 Å². The Kier molecular flexibility index (Phi) is 7.44. The Bertz CT molecular complexity index is 2200. The molecule has 0 amide bonds. The van der Waals surface area contributed by atoms with Crippen molar-refractivity contribution in [2.75, 3.05) is 15.4 Å². The number of phenols is 2. The quantitative estimate of drug-likeness (QED) is 0.139. The molecule has 0 bridgehead atoms. The molecule has 15 heteroatoms. The number of aromatic nitrogens is 6. The minimum atomic E-state index is -3.97. The summed E-state index contributed by atoms with van der Waals surface area (Å²) in [5, 5.41) is 25.7. The summed E-state index contributed by atoms with van der Waals surface area (Å²) in [6.45, 7) is 3.48. The van der Waals surface area contributed by atoms with E-state index in [0.717, 1.165) is 0 Å². The van der Waals surface area contributed by atoms with Crippen LogP contribution in [-0.2, 0) is 10.0 Å². The van der Waals surface area contributed by atoms with Gasteiger partial charge in [0.1, 0.15) is 16.9 Å². The molecule has 3 heterocycles. The highest BCUT2D eigenvalue weighted by molar-refractivity contribution is 7.92. The minimum absolute atomic E-state index is 0.0234. The van der Waals surface area contributed by atoms with Crippen molar-refractivity contribution in [2.24, 2.45) is 0 Å². The van der Waals surface area contributed by atoms with Crippen molar-refractivity contribution < 1.29 is 18.6 Å². The Morgan fingerprint density at radius 1 is 0.711 bits per heavy atom. The van der Waals surface area contributed by atoms with Crippen LogP contribution in [0.25, 0.3) is 22.3 Å². The lowest BCUT2D eigenvalue weighted by atomic mass is 10.1. The molecular formula is C30H25N9O5S. The molecule has 0 fully saturated rings. The number of aryl methyl sites for hydroxylation is 2. The molecule has 3 aromatic heterocycles. The number of hydrogen-bond acceptors (Lipinski definition) is 12. The summed E-state index contributed by atoms with van der Waals surface area (Å²) >= 11 is 0. The number of aromatic amines is 1. The van der Waals surface area contributed by atoms with Crippen molar-refractivity contribution in [1.29, 1.82) is 0 Å². The standard InChI is InChI=1S/C30H25N9O5S/c1-16-14-17(2)32-30(31-16)39-45(43,44)23-12-8-19(9-13-23)33-29-37-26-24(27(42)38-29)25(18-6-10-21(40)11-7-18)35-28(36-26)34-20-4-3-5-22(41)15-20/h3-15,40-41H,1-2H3,(H,31,32,39)(H3,33,34,35,36,37,38,42). The van der Waals surface area contributed by atoms with Gasteiger partial charge in [0.25, 0.3) is 15.6 Å². The molecule has 45 heavy (non-hydrogen) atoms. The van der Waals surface area contributed by atoms with Crippen LogP contribution in [0, 0.1) is 13.8 Å². The molecule has 3 aromatic carbocycles. The summed E-state index contributed by atoms with van der Waals surface area (Å²) < 4.78 is 28.2. The number of H-pyrrole nitrogens is 1. The van der Waals surface area contributed by atoms with Crippen molar-refractivity contribution in [3.05, 3.63) is 101 Å². The Morgan fingerprint density at radius 3 is 2.11 bits per heavy atom. The molecule has 6 rings (SSSR count). The monoisotopic (exact) mass is 623 g/mol. The van der Waals surface area contributed by atoms with E-state index in [1.807, 2.05) is 0 Å². The summed E-state index contributed by atoms with van der Waals surface area (Å²) in [6.07, 6.45) is 0. The molecule has 0 aliphatic heterocycles. The molecule has 0 saturated carbocycles. The lowest BCUT2D eigenvalue weighted by Crippen LogP contribution is -2.16. The van der Waals surface area contributed by atoms with E-state index in [1.165, 1.54) is 48.5 Å². The fourth-order valence-corrected chi connectivity index (χ4v) is 5.45. The highest BCUT2D eigenvalue weighted by Crippen LogP contribution is 2.28. The molecule has 6 N–H and O–H groups in total. The molecular weight excluding hydrogens is 598 g/mol. The molecule has 14 nitrogen and oxygen atoms in total. The Labute approximate surface area is 256 Å². The molecule has 0 radical (unpaired) electrons. The van der Waals surface area contributed by atoms with Gasteiger partial charge < -0.3 is 20.8 Å². The van der Waals surface area contributed by atoms with E-state index in [-0.39, 0.29) is 51.0 Å². The second-order valence-corrected chi connectivity index (χ2v) is 11.6. The first kappa shape index (κ1) is 29.0. The maximum absolute atomic E-state index is 13.4. The van der Waals surface area contributed by atoms with Crippen molar-refractivity contribution in [3.63, 3.8) is 0 Å². The van der Waals surface area contributed by atoms with Crippen LogP contribution < -0.4 is 20.9 Å². The van der Waals surface area contributed by atoms with Gasteiger partial charge in [0.05, 0.1) is 10.6 Å². The highest BCUT2D eigenvalue weighted by Gasteiger charge is 2.18. The van der Waals surface area contributed by atoms with Gasteiger partial charge in [0.2, 0.25) is 17.8 Å². The Morgan fingerprint density at radius 2 is 1.42 bits per heavy atom. The summed E-state index contributed by atoms with van der Waals surface area (Å²) in [5.74, 6) is 0.202. The number of benzene rings is 3. The van der Waals surface area contributed by atoms with Gasteiger partial charge in [-0.25, -0.2) is 28.1 Å². The van der Waals surface area contributed by atoms with Crippen LogP contribution in [0.4, 0.5) is 29.2 Å². The first-order valence-electron chi connectivity index (χ1n) is 13.4. The van der Waals surface area contributed by atoms with E-state index < -0.39 is 15.6 Å². The maximum atomic E-state index is 13.4. The smallest absolute Gasteiger partial charge is 0.264 e. The zero-order chi connectivity index (χ0) is 31.7. The van der Waals surface area contributed by atoms with E-state index >= 15 is 0 Å². The number of phenolic OH excluding ortho intramolecular Hbond substituents is 2. The van der Waals surface area contributed by atoms with Crippen LogP contribution in [0.15, 0.2) is 88.6 Å². The molecule has 0 spiro atoms. The molecule has 0 saturated heterocycles. The van der Waals surface area contributed by atoms with Crippen LogP contribution in [-0.4, -0.2) is 48.5 Å². The Balaban J connectivity index is 1.33. The minimum Gasteiger partial charge on any atom is -0.508 e. The summed E-state index contributed by atoms with van der Waals surface area (Å²) in [6, 6.07) is 20.0. The largest absolute Gasteiger partial charge is 0.508 e. The van der Waals surface area contributed by atoms with Gasteiger partial charge in [-0.2, -0.15) is 9.97 Å². The fraction of sp³-hybridized carbons (Fsp3) is 0.0667. The van der Waals surface area contributed by atoms with Gasteiger partial charge >= 0.3 is 0 Å². The van der Waals surface area contributed by atoms with Crippen LogP contribution in [0.1, 0.15) is 11.4 Å². The molecule has 0 unspecified atom stereocenters. The molecule has 0 atom stereocenters. The van der Waals surface area contributed by atoms with E-state index in [9.17, 15) is 23.4 Å². The summed E-state index contributed by atoms with van der Waals surface area (Å²) in [4.78, 5) is 37.7. The third-order valence-electron chi connectivity index (χ3n) is 6.44. The van der Waals surface area contributed by atoms with Crippen LogP contribution in [0.5, 0.6) is 11.5 Å². The average Bonchev–Trinajstić information content (AvgIpc) is 2.96. The number of sulfonamides is 1. The molecule has 0 aliphatic carbocycles. The first-order chi connectivity index (χ1) is 21.5. The Hall–Kier alpha value is -6.09. The summed E-state index contributed by atoms with van der Waals surface area (Å²) in [5.41, 5.74) is 2.50. The number of fused-ring (bicyclic) bond motifs is 1. The van der Waals surface area contributed by atoms with Gasteiger partial charge in [-0.05, 0) is 80.6 Å². The van der Waals surface area contributed by atoms with Gasteiger partial charge in [-0.3, -0.25) is 9.78 Å². The van der Waals surface area contributed by atoms with Crippen LogP contribution in [0.2, 0.25) is 0 Å².